The van der Waals surface area contributed by atoms with Crippen LogP contribution in [0.25, 0.3) is 0 Å². The van der Waals surface area contributed by atoms with E-state index in [1.54, 1.807) is 0 Å². The Bertz CT molecular complexity index is 906. The van der Waals surface area contributed by atoms with Crippen LogP contribution < -0.4 is 16.0 Å². The second-order valence-electron chi connectivity index (χ2n) is 8.44. The first-order valence-electron chi connectivity index (χ1n) is 11.6. The smallest absolute Gasteiger partial charge is 0.251 e. The Kier molecular flexibility index (Phi) is 9.11. The SMILES string of the molecule is CCNC(=NCc1cccc(C(=O)NCC2CCCO2)c1)NCC(C)c1cccc(C)c1. The molecule has 1 saturated heterocycles. The molecule has 0 radical (unpaired) electrons. The number of benzene rings is 2. The van der Waals surface area contributed by atoms with Crippen molar-refractivity contribution >= 4 is 11.9 Å². The van der Waals surface area contributed by atoms with E-state index >= 15 is 0 Å². The molecule has 3 rings (SSSR count). The van der Waals surface area contributed by atoms with Crippen molar-refractivity contribution in [2.24, 2.45) is 4.99 Å². The molecule has 1 fully saturated rings. The lowest BCUT2D eigenvalue weighted by Gasteiger charge is -2.17. The fourth-order valence-corrected chi connectivity index (χ4v) is 3.78. The van der Waals surface area contributed by atoms with E-state index in [4.69, 9.17) is 9.73 Å². The van der Waals surface area contributed by atoms with Crippen LogP contribution in [0.5, 0.6) is 0 Å². The van der Waals surface area contributed by atoms with Gasteiger partial charge in [-0.3, -0.25) is 4.79 Å². The van der Waals surface area contributed by atoms with Gasteiger partial charge in [0.1, 0.15) is 0 Å². The largest absolute Gasteiger partial charge is 0.376 e. The van der Waals surface area contributed by atoms with E-state index in [1.807, 2.05) is 24.3 Å². The van der Waals surface area contributed by atoms with E-state index in [2.05, 4.69) is 61.0 Å². The number of amides is 1. The van der Waals surface area contributed by atoms with Crippen molar-refractivity contribution < 1.29 is 9.53 Å². The van der Waals surface area contributed by atoms with Crippen molar-refractivity contribution in [1.82, 2.24) is 16.0 Å². The minimum atomic E-state index is -0.0664. The molecule has 1 heterocycles. The van der Waals surface area contributed by atoms with Gasteiger partial charge in [0.2, 0.25) is 0 Å². The zero-order valence-electron chi connectivity index (χ0n) is 19.5. The summed E-state index contributed by atoms with van der Waals surface area (Å²) >= 11 is 0. The van der Waals surface area contributed by atoms with Crippen LogP contribution in [0.2, 0.25) is 0 Å². The van der Waals surface area contributed by atoms with E-state index in [9.17, 15) is 4.79 Å². The summed E-state index contributed by atoms with van der Waals surface area (Å²) in [5, 5.41) is 9.73. The molecule has 0 spiro atoms. The number of hydrogen-bond donors (Lipinski definition) is 3. The summed E-state index contributed by atoms with van der Waals surface area (Å²) in [6.07, 6.45) is 2.22. The number of aliphatic imine (C=N–C) groups is 1. The number of hydrogen-bond acceptors (Lipinski definition) is 3. The zero-order valence-corrected chi connectivity index (χ0v) is 19.5. The average Bonchev–Trinajstić information content (AvgIpc) is 3.33. The molecule has 172 valence electrons. The van der Waals surface area contributed by atoms with Crippen LogP contribution in [0.1, 0.15) is 59.7 Å². The minimum Gasteiger partial charge on any atom is -0.376 e. The van der Waals surface area contributed by atoms with Crippen LogP contribution in [-0.4, -0.2) is 44.2 Å². The third-order valence-electron chi connectivity index (χ3n) is 5.65. The Hall–Kier alpha value is -2.86. The highest BCUT2D eigenvalue weighted by Crippen LogP contribution is 2.15. The molecule has 2 atom stereocenters. The first kappa shape index (κ1) is 23.8. The molecule has 6 heteroatoms. The van der Waals surface area contributed by atoms with Crippen molar-refractivity contribution in [3.8, 4) is 0 Å². The maximum absolute atomic E-state index is 12.5. The molecule has 0 bridgehead atoms. The van der Waals surface area contributed by atoms with Gasteiger partial charge in [0, 0.05) is 31.8 Å². The number of rotatable bonds is 9. The first-order valence-corrected chi connectivity index (χ1v) is 11.6. The fraction of sp³-hybridized carbons (Fsp3) is 0.462. The van der Waals surface area contributed by atoms with Gasteiger partial charge in [0.25, 0.3) is 5.91 Å². The molecule has 1 aliphatic heterocycles. The number of carbonyl (C=O) groups is 1. The van der Waals surface area contributed by atoms with E-state index < -0.39 is 0 Å². The summed E-state index contributed by atoms with van der Waals surface area (Å²) in [7, 11) is 0. The van der Waals surface area contributed by atoms with Crippen molar-refractivity contribution in [2.75, 3.05) is 26.2 Å². The molecule has 2 unspecified atom stereocenters. The fourth-order valence-electron chi connectivity index (χ4n) is 3.78. The van der Waals surface area contributed by atoms with Crippen molar-refractivity contribution in [2.45, 2.75) is 52.2 Å². The third-order valence-corrected chi connectivity index (χ3v) is 5.65. The second-order valence-corrected chi connectivity index (χ2v) is 8.44. The van der Waals surface area contributed by atoms with Crippen LogP contribution in [0.15, 0.2) is 53.5 Å². The summed E-state index contributed by atoms with van der Waals surface area (Å²) in [5.74, 6) is 1.08. The predicted molar refractivity (Wildman–Crippen MR) is 130 cm³/mol. The number of guanidine groups is 1. The maximum atomic E-state index is 12.5. The zero-order chi connectivity index (χ0) is 22.8. The van der Waals surface area contributed by atoms with Crippen molar-refractivity contribution in [3.05, 3.63) is 70.8 Å². The Labute approximate surface area is 191 Å². The quantitative estimate of drug-likeness (QED) is 0.413. The van der Waals surface area contributed by atoms with Gasteiger partial charge < -0.3 is 20.7 Å². The summed E-state index contributed by atoms with van der Waals surface area (Å²) in [6.45, 7) is 9.82. The van der Waals surface area contributed by atoms with Gasteiger partial charge in [-0.15, -0.1) is 0 Å². The number of nitrogens with zero attached hydrogens (tertiary/aromatic N) is 1. The topological polar surface area (TPSA) is 74.8 Å². The Morgan fingerprint density at radius 3 is 2.75 bits per heavy atom. The van der Waals surface area contributed by atoms with Gasteiger partial charge in [-0.05, 0) is 55.9 Å². The maximum Gasteiger partial charge on any atom is 0.251 e. The number of aryl methyl sites for hydroxylation is 1. The summed E-state index contributed by atoms with van der Waals surface area (Å²) in [5.41, 5.74) is 4.24. The molecule has 6 nitrogen and oxygen atoms in total. The van der Waals surface area contributed by atoms with Crippen LogP contribution in [0.4, 0.5) is 0 Å². The normalized spacial score (nSPS) is 17.1. The van der Waals surface area contributed by atoms with Gasteiger partial charge in [-0.2, -0.15) is 0 Å². The molecule has 32 heavy (non-hydrogen) atoms. The molecule has 0 aromatic heterocycles. The van der Waals surface area contributed by atoms with Crippen molar-refractivity contribution in [3.63, 3.8) is 0 Å². The van der Waals surface area contributed by atoms with E-state index in [0.717, 1.165) is 44.1 Å². The highest BCUT2D eigenvalue weighted by Gasteiger charge is 2.16. The number of carbonyl (C=O) groups excluding carboxylic acids is 1. The van der Waals surface area contributed by atoms with Crippen LogP contribution in [-0.2, 0) is 11.3 Å². The minimum absolute atomic E-state index is 0.0664. The first-order chi connectivity index (χ1) is 15.5. The molecular formula is C26H36N4O2. The molecule has 0 saturated carbocycles. The number of ether oxygens (including phenoxy) is 1. The molecule has 1 amide bonds. The van der Waals surface area contributed by atoms with Crippen molar-refractivity contribution in [1.29, 1.82) is 0 Å². The lowest BCUT2D eigenvalue weighted by atomic mass is 9.99. The lowest BCUT2D eigenvalue weighted by Crippen LogP contribution is -2.39. The van der Waals surface area contributed by atoms with Gasteiger partial charge in [0.05, 0.1) is 12.6 Å². The Balaban J connectivity index is 1.55. The van der Waals surface area contributed by atoms with Crippen LogP contribution in [0.3, 0.4) is 0 Å². The van der Waals surface area contributed by atoms with E-state index in [-0.39, 0.29) is 12.0 Å². The second kappa shape index (κ2) is 12.2. The standard InChI is InChI=1S/C26H36N4O2/c1-4-27-26(29-16-20(3)22-10-5-8-19(2)14-22)30-17-21-9-6-11-23(15-21)25(31)28-18-24-12-7-13-32-24/h5-6,8-11,14-15,20,24H,4,7,12-13,16-18H2,1-3H3,(H,28,31)(H2,27,29,30). The molecule has 1 aliphatic rings. The highest BCUT2D eigenvalue weighted by molar-refractivity contribution is 5.94. The molecule has 0 aliphatic carbocycles. The monoisotopic (exact) mass is 436 g/mol. The van der Waals surface area contributed by atoms with Gasteiger partial charge in [-0.1, -0.05) is 48.9 Å². The summed E-state index contributed by atoms with van der Waals surface area (Å²) in [6, 6.07) is 16.3. The molecule has 3 N–H and O–H groups in total. The van der Waals surface area contributed by atoms with Crippen LogP contribution in [0, 0.1) is 6.92 Å². The molecule has 2 aromatic carbocycles. The van der Waals surface area contributed by atoms with Crippen LogP contribution >= 0.6 is 0 Å². The molecule has 2 aromatic rings. The predicted octanol–water partition coefficient (Wildman–Crippen LogP) is 3.76. The Morgan fingerprint density at radius 1 is 1.16 bits per heavy atom. The van der Waals surface area contributed by atoms with E-state index in [1.165, 1.54) is 11.1 Å². The average molecular weight is 437 g/mol. The summed E-state index contributed by atoms with van der Waals surface area (Å²) in [4.78, 5) is 17.2. The lowest BCUT2D eigenvalue weighted by molar-refractivity contribution is 0.0857. The highest BCUT2D eigenvalue weighted by atomic mass is 16.5. The molecular weight excluding hydrogens is 400 g/mol. The van der Waals surface area contributed by atoms with Gasteiger partial charge in [0.15, 0.2) is 5.96 Å². The van der Waals surface area contributed by atoms with Gasteiger partial charge >= 0.3 is 0 Å². The third kappa shape index (κ3) is 7.38. The van der Waals surface area contributed by atoms with Gasteiger partial charge in [-0.25, -0.2) is 4.99 Å². The Morgan fingerprint density at radius 2 is 2.00 bits per heavy atom. The summed E-state index contributed by atoms with van der Waals surface area (Å²) < 4.78 is 5.58. The number of nitrogens with one attached hydrogen (secondary N) is 3. The van der Waals surface area contributed by atoms with E-state index in [0.29, 0.717) is 24.6 Å².